The Morgan fingerprint density at radius 2 is 1.76 bits per heavy atom. The number of hydrogen-bond acceptors (Lipinski definition) is 7. The maximum atomic E-state index is 6.09. The molecule has 2 heterocycles. The molecule has 0 spiro atoms. The number of aromatic nitrogens is 3. The smallest absolute Gasteiger partial charge is 0.323 e. The number of anilines is 2. The highest BCUT2D eigenvalue weighted by Crippen LogP contribution is 2.30. The normalized spacial score (nSPS) is 20.2. The Morgan fingerprint density at radius 3 is 2.29 bits per heavy atom. The average Bonchev–Trinajstić information content (AvgIpc) is 2.35. The Balaban J connectivity index is 2.33. The summed E-state index contributed by atoms with van der Waals surface area (Å²) in [4.78, 5) is 15.2. The molecule has 0 bridgehead atoms. The second-order valence-electron chi connectivity index (χ2n) is 6.40. The van der Waals surface area contributed by atoms with Crippen LogP contribution in [0.5, 0.6) is 6.01 Å². The molecule has 21 heavy (non-hydrogen) atoms. The summed E-state index contributed by atoms with van der Waals surface area (Å²) in [5, 5.41) is 2.95. The van der Waals surface area contributed by atoms with Crippen molar-refractivity contribution in [1.82, 2.24) is 15.0 Å². The summed E-state index contributed by atoms with van der Waals surface area (Å²) in [5.74, 6) is 1.12. The van der Waals surface area contributed by atoms with E-state index in [1.165, 1.54) is 0 Å². The van der Waals surface area contributed by atoms with Crippen molar-refractivity contribution >= 4 is 11.9 Å². The van der Waals surface area contributed by atoms with E-state index in [1.807, 2.05) is 6.92 Å². The van der Waals surface area contributed by atoms with Gasteiger partial charge in [-0.2, -0.15) is 15.0 Å². The van der Waals surface area contributed by atoms with Crippen molar-refractivity contribution < 1.29 is 9.47 Å². The van der Waals surface area contributed by atoms with Gasteiger partial charge in [-0.25, -0.2) is 0 Å². The van der Waals surface area contributed by atoms with E-state index in [1.54, 1.807) is 7.05 Å². The molecule has 1 saturated heterocycles. The zero-order valence-corrected chi connectivity index (χ0v) is 13.7. The maximum Gasteiger partial charge on any atom is 0.323 e. The van der Waals surface area contributed by atoms with Crippen molar-refractivity contribution in [2.75, 3.05) is 37.0 Å². The van der Waals surface area contributed by atoms with Crippen molar-refractivity contribution in [2.45, 2.75) is 45.8 Å². The summed E-state index contributed by atoms with van der Waals surface area (Å²) >= 11 is 0. The lowest BCUT2D eigenvalue weighted by atomic mass is 9.99. The first-order valence-corrected chi connectivity index (χ1v) is 7.26. The van der Waals surface area contributed by atoms with Crippen LogP contribution in [0.1, 0.15) is 34.6 Å². The molecule has 0 saturated carbocycles. The third-order valence-corrected chi connectivity index (χ3v) is 3.08. The van der Waals surface area contributed by atoms with Gasteiger partial charge in [0.25, 0.3) is 0 Å². The molecule has 1 aromatic heterocycles. The van der Waals surface area contributed by atoms with Crippen LogP contribution in [0, 0.1) is 0 Å². The average molecular weight is 295 g/mol. The first-order chi connectivity index (χ1) is 9.74. The fourth-order valence-corrected chi connectivity index (χ4v) is 2.72. The van der Waals surface area contributed by atoms with Crippen LogP contribution in [0.15, 0.2) is 0 Å². The summed E-state index contributed by atoms with van der Waals surface area (Å²) in [5.41, 5.74) is -0.528. The standard InChI is InChI=1S/C14H25N5O2/c1-7-20-12-17-10(15-6)16-11(18-12)19-8-13(2,3)21-14(4,5)9-19/h7-9H2,1-6H3,(H,15,16,17,18). The second-order valence-corrected chi connectivity index (χ2v) is 6.40. The molecule has 1 aliphatic heterocycles. The third kappa shape index (κ3) is 3.93. The topological polar surface area (TPSA) is 72.4 Å². The van der Waals surface area contributed by atoms with Crippen molar-refractivity contribution in [3.05, 3.63) is 0 Å². The molecule has 2 rings (SSSR count). The van der Waals surface area contributed by atoms with E-state index in [2.05, 4.69) is 52.9 Å². The zero-order valence-electron chi connectivity index (χ0n) is 13.7. The molecule has 0 radical (unpaired) electrons. The SMILES string of the molecule is CCOc1nc(NC)nc(N2CC(C)(C)OC(C)(C)C2)n1. The Morgan fingerprint density at radius 1 is 1.14 bits per heavy atom. The van der Waals surface area contributed by atoms with Gasteiger partial charge in [0, 0.05) is 20.1 Å². The van der Waals surface area contributed by atoms with Gasteiger partial charge >= 0.3 is 6.01 Å². The molecule has 0 atom stereocenters. The van der Waals surface area contributed by atoms with Crippen LogP contribution in [-0.4, -0.2) is 52.9 Å². The van der Waals surface area contributed by atoms with E-state index in [0.717, 1.165) is 13.1 Å². The lowest BCUT2D eigenvalue weighted by molar-refractivity contribution is -0.133. The van der Waals surface area contributed by atoms with Crippen LogP contribution in [0.25, 0.3) is 0 Å². The van der Waals surface area contributed by atoms with Gasteiger partial charge < -0.3 is 19.7 Å². The zero-order chi connectivity index (χ0) is 15.7. The second kappa shape index (κ2) is 5.63. The highest BCUT2D eigenvalue weighted by Gasteiger charge is 2.39. The Hall–Kier alpha value is -1.63. The fourth-order valence-electron chi connectivity index (χ4n) is 2.72. The minimum atomic E-state index is -0.264. The first-order valence-electron chi connectivity index (χ1n) is 7.26. The number of nitrogens with one attached hydrogen (secondary N) is 1. The Labute approximate surface area is 126 Å². The Bertz CT molecular complexity index is 488. The number of morpholine rings is 1. The highest BCUT2D eigenvalue weighted by molar-refractivity contribution is 5.39. The molecular weight excluding hydrogens is 270 g/mol. The molecular formula is C14H25N5O2. The van der Waals surface area contributed by atoms with Crippen LogP contribution in [0.2, 0.25) is 0 Å². The third-order valence-electron chi connectivity index (χ3n) is 3.08. The largest absolute Gasteiger partial charge is 0.464 e. The van der Waals surface area contributed by atoms with Crippen LogP contribution < -0.4 is 15.0 Å². The molecule has 7 heteroatoms. The molecule has 118 valence electrons. The van der Waals surface area contributed by atoms with E-state index < -0.39 is 0 Å². The lowest BCUT2D eigenvalue weighted by Crippen LogP contribution is -2.57. The van der Waals surface area contributed by atoms with Crippen molar-refractivity contribution in [3.8, 4) is 6.01 Å². The molecule has 7 nitrogen and oxygen atoms in total. The number of hydrogen-bond donors (Lipinski definition) is 1. The molecule has 1 fully saturated rings. The lowest BCUT2D eigenvalue weighted by Gasteiger charge is -2.47. The van der Waals surface area contributed by atoms with Crippen LogP contribution in [0.3, 0.4) is 0 Å². The van der Waals surface area contributed by atoms with E-state index in [0.29, 0.717) is 24.5 Å². The van der Waals surface area contributed by atoms with E-state index in [4.69, 9.17) is 9.47 Å². The molecule has 0 aliphatic carbocycles. The number of ether oxygens (including phenoxy) is 2. The summed E-state index contributed by atoms with van der Waals surface area (Å²) in [6, 6.07) is 0.342. The van der Waals surface area contributed by atoms with Gasteiger partial charge in [0.05, 0.1) is 17.8 Å². The van der Waals surface area contributed by atoms with Crippen LogP contribution in [0.4, 0.5) is 11.9 Å². The molecule has 1 N–H and O–H groups in total. The quantitative estimate of drug-likeness (QED) is 0.906. The van der Waals surface area contributed by atoms with Gasteiger partial charge in [0.15, 0.2) is 0 Å². The maximum absolute atomic E-state index is 6.09. The molecule has 0 amide bonds. The van der Waals surface area contributed by atoms with Gasteiger partial charge in [-0.3, -0.25) is 0 Å². The van der Waals surface area contributed by atoms with Crippen molar-refractivity contribution in [2.24, 2.45) is 0 Å². The minimum absolute atomic E-state index is 0.264. The molecule has 1 aliphatic rings. The molecule has 0 unspecified atom stereocenters. The predicted molar refractivity (Wildman–Crippen MR) is 82.0 cm³/mol. The monoisotopic (exact) mass is 295 g/mol. The van der Waals surface area contributed by atoms with Gasteiger partial charge in [-0.05, 0) is 34.6 Å². The summed E-state index contributed by atoms with van der Waals surface area (Å²) in [7, 11) is 1.78. The van der Waals surface area contributed by atoms with Crippen molar-refractivity contribution in [1.29, 1.82) is 0 Å². The van der Waals surface area contributed by atoms with Gasteiger partial charge in [-0.15, -0.1) is 0 Å². The first kappa shape index (κ1) is 15.8. The fraction of sp³-hybridized carbons (Fsp3) is 0.786. The van der Waals surface area contributed by atoms with E-state index >= 15 is 0 Å². The summed E-state index contributed by atoms with van der Waals surface area (Å²) in [6.45, 7) is 12.2. The Kier molecular flexibility index (Phi) is 4.22. The van der Waals surface area contributed by atoms with Gasteiger partial charge in [0.1, 0.15) is 0 Å². The molecule has 1 aromatic rings. The van der Waals surface area contributed by atoms with Crippen molar-refractivity contribution in [3.63, 3.8) is 0 Å². The van der Waals surface area contributed by atoms with Crippen LogP contribution in [-0.2, 0) is 4.74 Å². The van der Waals surface area contributed by atoms with E-state index in [-0.39, 0.29) is 11.2 Å². The highest BCUT2D eigenvalue weighted by atomic mass is 16.5. The van der Waals surface area contributed by atoms with Gasteiger partial charge in [-0.1, -0.05) is 0 Å². The summed E-state index contributed by atoms with van der Waals surface area (Å²) < 4.78 is 11.5. The number of rotatable bonds is 4. The van der Waals surface area contributed by atoms with Gasteiger partial charge in [0.2, 0.25) is 11.9 Å². The van der Waals surface area contributed by atoms with Crippen LogP contribution >= 0.6 is 0 Å². The minimum Gasteiger partial charge on any atom is -0.464 e. The van der Waals surface area contributed by atoms with E-state index in [9.17, 15) is 0 Å². The number of nitrogens with zero attached hydrogens (tertiary/aromatic N) is 4. The molecule has 0 aromatic carbocycles. The predicted octanol–water partition coefficient (Wildman–Crippen LogP) is 1.71. The summed E-state index contributed by atoms with van der Waals surface area (Å²) in [6.07, 6.45) is 0.